The molecule has 1 fully saturated rings. The monoisotopic (exact) mass is 216 g/mol. The highest BCUT2D eigenvalue weighted by Gasteiger charge is 2.22. The minimum absolute atomic E-state index is 0.359. The average Bonchev–Trinajstić information content (AvgIpc) is 3.01. The second kappa shape index (κ2) is 4.02. The average molecular weight is 216 g/mol. The Labute approximate surface area is 92.9 Å². The molecule has 0 aromatic carbocycles. The van der Waals surface area contributed by atoms with Crippen molar-refractivity contribution in [3.63, 3.8) is 0 Å². The Morgan fingerprint density at radius 1 is 1.38 bits per heavy atom. The van der Waals surface area contributed by atoms with Crippen molar-refractivity contribution < 1.29 is 4.42 Å². The molecule has 2 aromatic heterocycles. The van der Waals surface area contributed by atoms with E-state index in [1.165, 1.54) is 0 Å². The van der Waals surface area contributed by atoms with E-state index in [1.807, 2.05) is 12.1 Å². The second-order valence-corrected chi connectivity index (χ2v) is 3.88. The molecule has 1 atom stereocenters. The molecular weight excluding hydrogens is 204 g/mol. The molecule has 0 spiro atoms. The Hall–Kier alpha value is -1.75. The van der Waals surface area contributed by atoms with Crippen LogP contribution >= 0.6 is 0 Å². The molecule has 1 aliphatic rings. The molecule has 0 radical (unpaired) electrons. The van der Waals surface area contributed by atoms with Crippen molar-refractivity contribution in [3.8, 4) is 11.5 Å². The normalized spacial score (nSPS) is 20.1. The molecule has 5 heteroatoms. The second-order valence-electron chi connectivity index (χ2n) is 3.88. The summed E-state index contributed by atoms with van der Waals surface area (Å²) in [4.78, 5) is 4.03. The highest BCUT2D eigenvalue weighted by Crippen LogP contribution is 2.24. The molecule has 1 aliphatic heterocycles. The summed E-state index contributed by atoms with van der Waals surface area (Å²) in [5, 5.41) is 11.4. The number of hydrogen-bond acceptors (Lipinski definition) is 5. The maximum absolute atomic E-state index is 5.65. The number of nitrogens with one attached hydrogen (secondary N) is 1. The minimum atomic E-state index is 0.359. The van der Waals surface area contributed by atoms with Crippen molar-refractivity contribution >= 4 is 0 Å². The van der Waals surface area contributed by atoms with E-state index in [4.69, 9.17) is 4.42 Å². The SMILES string of the molecule is c1cncc(-c2nnc([C@H]3CCNC3)o2)c1. The Morgan fingerprint density at radius 2 is 2.38 bits per heavy atom. The van der Waals surface area contributed by atoms with Crippen molar-refractivity contribution in [2.24, 2.45) is 0 Å². The standard InChI is InChI=1S/C11H12N4O/c1-2-8(6-12-4-1)10-14-15-11(16-10)9-3-5-13-7-9/h1-2,4,6,9,13H,3,5,7H2/t9-/m0/s1. The summed E-state index contributed by atoms with van der Waals surface area (Å²) in [5.74, 6) is 1.64. The van der Waals surface area contributed by atoms with Crippen LogP contribution in [0.3, 0.4) is 0 Å². The fourth-order valence-corrected chi connectivity index (χ4v) is 1.87. The molecule has 82 valence electrons. The predicted molar refractivity (Wildman–Crippen MR) is 57.8 cm³/mol. The number of aromatic nitrogens is 3. The van der Waals surface area contributed by atoms with Crippen LogP contribution in [0.5, 0.6) is 0 Å². The van der Waals surface area contributed by atoms with E-state index in [9.17, 15) is 0 Å². The topological polar surface area (TPSA) is 63.8 Å². The van der Waals surface area contributed by atoms with Gasteiger partial charge in [0.1, 0.15) is 0 Å². The van der Waals surface area contributed by atoms with Gasteiger partial charge in [0, 0.05) is 18.9 Å². The highest BCUT2D eigenvalue weighted by atomic mass is 16.4. The van der Waals surface area contributed by atoms with Crippen LogP contribution in [-0.2, 0) is 0 Å². The lowest BCUT2D eigenvalue weighted by Crippen LogP contribution is -2.08. The van der Waals surface area contributed by atoms with Gasteiger partial charge in [-0.05, 0) is 25.1 Å². The first kappa shape index (κ1) is 9.47. The molecule has 1 saturated heterocycles. The first-order chi connectivity index (χ1) is 7.93. The third-order valence-corrected chi connectivity index (χ3v) is 2.76. The van der Waals surface area contributed by atoms with Gasteiger partial charge in [0.2, 0.25) is 11.8 Å². The van der Waals surface area contributed by atoms with Crippen molar-refractivity contribution in [2.75, 3.05) is 13.1 Å². The van der Waals surface area contributed by atoms with Gasteiger partial charge >= 0.3 is 0 Å². The molecule has 0 bridgehead atoms. The summed E-state index contributed by atoms with van der Waals surface area (Å²) in [6.07, 6.45) is 4.51. The van der Waals surface area contributed by atoms with E-state index in [2.05, 4.69) is 20.5 Å². The van der Waals surface area contributed by atoms with Gasteiger partial charge < -0.3 is 9.73 Å². The fraction of sp³-hybridized carbons (Fsp3) is 0.364. The van der Waals surface area contributed by atoms with Crippen molar-refractivity contribution in [1.82, 2.24) is 20.5 Å². The maximum Gasteiger partial charge on any atom is 0.249 e. The zero-order chi connectivity index (χ0) is 10.8. The van der Waals surface area contributed by atoms with E-state index in [0.29, 0.717) is 11.8 Å². The van der Waals surface area contributed by atoms with Gasteiger partial charge in [-0.1, -0.05) is 0 Å². The van der Waals surface area contributed by atoms with Gasteiger partial charge in [-0.3, -0.25) is 4.98 Å². The van der Waals surface area contributed by atoms with Crippen molar-refractivity contribution in [1.29, 1.82) is 0 Å². The molecule has 3 heterocycles. The highest BCUT2D eigenvalue weighted by molar-refractivity contribution is 5.49. The van der Waals surface area contributed by atoms with Crippen molar-refractivity contribution in [2.45, 2.75) is 12.3 Å². The third-order valence-electron chi connectivity index (χ3n) is 2.76. The van der Waals surface area contributed by atoms with E-state index >= 15 is 0 Å². The van der Waals surface area contributed by atoms with Gasteiger partial charge in [0.15, 0.2) is 0 Å². The fourth-order valence-electron chi connectivity index (χ4n) is 1.87. The van der Waals surface area contributed by atoms with Crippen molar-refractivity contribution in [3.05, 3.63) is 30.4 Å². The molecular formula is C11H12N4O. The van der Waals surface area contributed by atoms with E-state index in [0.717, 1.165) is 31.0 Å². The molecule has 3 rings (SSSR count). The van der Waals surface area contributed by atoms with Crippen LogP contribution in [0.1, 0.15) is 18.2 Å². The molecule has 1 N–H and O–H groups in total. The molecule has 0 saturated carbocycles. The number of rotatable bonds is 2. The van der Waals surface area contributed by atoms with Gasteiger partial charge in [0.25, 0.3) is 0 Å². The van der Waals surface area contributed by atoms with Crippen LogP contribution in [0, 0.1) is 0 Å². The quantitative estimate of drug-likeness (QED) is 0.817. The molecule has 0 aliphatic carbocycles. The van der Waals surface area contributed by atoms with Crippen LogP contribution < -0.4 is 5.32 Å². The summed E-state index contributed by atoms with van der Waals surface area (Å²) in [6.45, 7) is 1.95. The summed E-state index contributed by atoms with van der Waals surface area (Å²) in [7, 11) is 0. The molecule has 2 aromatic rings. The smallest absolute Gasteiger partial charge is 0.249 e. The lowest BCUT2D eigenvalue weighted by molar-refractivity contribution is 0.467. The largest absolute Gasteiger partial charge is 0.420 e. The van der Waals surface area contributed by atoms with Gasteiger partial charge in [-0.15, -0.1) is 10.2 Å². The van der Waals surface area contributed by atoms with Gasteiger partial charge in [-0.2, -0.15) is 0 Å². The van der Waals surface area contributed by atoms with Crippen LogP contribution in [0.25, 0.3) is 11.5 Å². The number of hydrogen-bond donors (Lipinski definition) is 1. The first-order valence-electron chi connectivity index (χ1n) is 5.38. The Balaban J connectivity index is 1.87. The molecule has 5 nitrogen and oxygen atoms in total. The van der Waals surface area contributed by atoms with Crippen LogP contribution in [0.15, 0.2) is 28.9 Å². The van der Waals surface area contributed by atoms with Crippen LogP contribution in [-0.4, -0.2) is 28.3 Å². The minimum Gasteiger partial charge on any atom is -0.420 e. The predicted octanol–water partition coefficient (Wildman–Crippen LogP) is 1.21. The van der Waals surface area contributed by atoms with Gasteiger partial charge in [-0.25, -0.2) is 0 Å². The number of pyridine rings is 1. The summed E-state index contributed by atoms with van der Waals surface area (Å²) in [5.41, 5.74) is 0.868. The lowest BCUT2D eigenvalue weighted by atomic mass is 10.1. The zero-order valence-corrected chi connectivity index (χ0v) is 8.76. The Morgan fingerprint density at radius 3 is 3.12 bits per heavy atom. The van der Waals surface area contributed by atoms with E-state index < -0.39 is 0 Å². The number of nitrogens with zero attached hydrogens (tertiary/aromatic N) is 3. The Bertz CT molecular complexity index is 462. The zero-order valence-electron chi connectivity index (χ0n) is 8.76. The third kappa shape index (κ3) is 1.69. The summed E-state index contributed by atoms with van der Waals surface area (Å²) >= 11 is 0. The Kier molecular flexibility index (Phi) is 2.38. The molecule has 16 heavy (non-hydrogen) atoms. The van der Waals surface area contributed by atoms with Crippen LogP contribution in [0.4, 0.5) is 0 Å². The maximum atomic E-state index is 5.65. The van der Waals surface area contributed by atoms with E-state index in [-0.39, 0.29) is 0 Å². The molecule has 0 unspecified atom stereocenters. The molecule has 0 amide bonds. The van der Waals surface area contributed by atoms with Crippen LogP contribution in [0.2, 0.25) is 0 Å². The first-order valence-corrected chi connectivity index (χ1v) is 5.38. The lowest BCUT2D eigenvalue weighted by Gasteiger charge is -1.99. The van der Waals surface area contributed by atoms with E-state index in [1.54, 1.807) is 12.4 Å². The summed E-state index contributed by atoms with van der Waals surface area (Å²) in [6, 6.07) is 3.77. The summed E-state index contributed by atoms with van der Waals surface area (Å²) < 4.78 is 5.65. The van der Waals surface area contributed by atoms with Gasteiger partial charge in [0.05, 0.1) is 11.5 Å².